The molecular weight excluding hydrogens is 246 g/mol. The minimum absolute atomic E-state index is 0.443. The summed E-state index contributed by atoms with van der Waals surface area (Å²) >= 11 is 0. The molecule has 1 saturated carbocycles. The molecule has 2 aromatic rings. The zero-order chi connectivity index (χ0) is 13.4. The molecular formula is C17H21N3. The van der Waals surface area contributed by atoms with Crippen molar-refractivity contribution < 1.29 is 0 Å². The van der Waals surface area contributed by atoms with Crippen molar-refractivity contribution in [3.63, 3.8) is 0 Å². The van der Waals surface area contributed by atoms with E-state index >= 15 is 0 Å². The summed E-state index contributed by atoms with van der Waals surface area (Å²) in [5.41, 5.74) is 2.75. The molecule has 1 atom stereocenters. The average Bonchev–Trinajstić information content (AvgIpc) is 2.46. The van der Waals surface area contributed by atoms with E-state index in [-0.39, 0.29) is 0 Å². The largest absolute Gasteiger partial charge is 0.382 e. The molecule has 1 aliphatic heterocycles. The minimum atomic E-state index is 0.443. The van der Waals surface area contributed by atoms with E-state index in [4.69, 9.17) is 0 Å². The molecule has 1 aliphatic carbocycles. The highest BCUT2D eigenvalue weighted by molar-refractivity contribution is 5.90. The van der Waals surface area contributed by atoms with E-state index in [9.17, 15) is 0 Å². The van der Waals surface area contributed by atoms with Crippen molar-refractivity contribution in [2.24, 2.45) is 0 Å². The van der Waals surface area contributed by atoms with Gasteiger partial charge in [0.15, 0.2) is 0 Å². The number of hydrogen-bond donors (Lipinski definition) is 2. The molecule has 2 aliphatic rings. The number of pyridine rings is 1. The summed E-state index contributed by atoms with van der Waals surface area (Å²) in [4.78, 5) is 4.44. The Kier molecular flexibility index (Phi) is 2.88. The Labute approximate surface area is 119 Å². The molecule has 104 valence electrons. The van der Waals surface area contributed by atoms with Crippen LogP contribution in [0.5, 0.6) is 0 Å². The summed E-state index contributed by atoms with van der Waals surface area (Å²) in [5, 5.41) is 8.73. The van der Waals surface area contributed by atoms with Gasteiger partial charge in [-0.1, -0.05) is 18.2 Å². The molecule has 1 unspecified atom stereocenters. The third kappa shape index (κ3) is 2.06. The predicted octanol–water partition coefficient (Wildman–Crippen LogP) is 3.32. The molecule has 2 N–H and O–H groups in total. The standard InChI is InChI=1S/C17H21N3/c1-2-5-15-14(4-1)16(7-10-18-15)20-13-6-11-19-17(12-13)8-3-9-17/h1-2,4-5,7,10,13,19H,3,6,8-9,11-12H2,(H,18,20). The van der Waals surface area contributed by atoms with Crippen molar-refractivity contribution in [2.75, 3.05) is 11.9 Å². The maximum atomic E-state index is 4.44. The van der Waals surface area contributed by atoms with E-state index in [0.29, 0.717) is 11.6 Å². The van der Waals surface area contributed by atoms with Crippen LogP contribution in [0.2, 0.25) is 0 Å². The molecule has 1 saturated heterocycles. The smallest absolute Gasteiger partial charge is 0.0722 e. The maximum absolute atomic E-state index is 4.44. The Morgan fingerprint density at radius 1 is 1.20 bits per heavy atom. The molecule has 2 heterocycles. The van der Waals surface area contributed by atoms with Crippen LogP contribution in [0.3, 0.4) is 0 Å². The highest BCUT2D eigenvalue weighted by Gasteiger charge is 2.40. The molecule has 0 radical (unpaired) electrons. The number of aromatic nitrogens is 1. The number of nitrogens with one attached hydrogen (secondary N) is 2. The van der Waals surface area contributed by atoms with Gasteiger partial charge >= 0.3 is 0 Å². The first-order valence-corrected chi connectivity index (χ1v) is 7.70. The topological polar surface area (TPSA) is 37.0 Å². The van der Waals surface area contributed by atoms with Crippen molar-refractivity contribution >= 4 is 16.6 Å². The number of benzene rings is 1. The second kappa shape index (κ2) is 4.74. The van der Waals surface area contributed by atoms with Gasteiger partial charge in [0, 0.05) is 28.9 Å². The van der Waals surface area contributed by atoms with Crippen LogP contribution < -0.4 is 10.6 Å². The second-order valence-electron chi connectivity index (χ2n) is 6.27. The number of fused-ring (bicyclic) bond motifs is 1. The van der Waals surface area contributed by atoms with Crippen LogP contribution in [0.1, 0.15) is 32.1 Å². The van der Waals surface area contributed by atoms with Gasteiger partial charge in [0.25, 0.3) is 0 Å². The lowest BCUT2D eigenvalue weighted by Crippen LogP contribution is -2.58. The fourth-order valence-corrected chi connectivity index (χ4v) is 3.71. The van der Waals surface area contributed by atoms with Crippen molar-refractivity contribution in [1.82, 2.24) is 10.3 Å². The van der Waals surface area contributed by atoms with Crippen LogP contribution in [0.15, 0.2) is 36.5 Å². The summed E-state index contributed by atoms with van der Waals surface area (Å²) in [6, 6.07) is 11.1. The zero-order valence-electron chi connectivity index (χ0n) is 11.7. The molecule has 1 aromatic heterocycles. The SMILES string of the molecule is c1ccc2c(NC3CCNC4(CCC4)C3)ccnc2c1. The molecule has 0 amide bonds. The molecule has 2 fully saturated rings. The van der Waals surface area contributed by atoms with Gasteiger partial charge in [-0.05, 0) is 50.8 Å². The van der Waals surface area contributed by atoms with Crippen molar-refractivity contribution in [2.45, 2.75) is 43.7 Å². The van der Waals surface area contributed by atoms with Gasteiger partial charge in [-0.2, -0.15) is 0 Å². The third-order valence-corrected chi connectivity index (χ3v) is 4.95. The van der Waals surface area contributed by atoms with Crippen molar-refractivity contribution in [1.29, 1.82) is 0 Å². The Balaban J connectivity index is 1.58. The lowest BCUT2D eigenvalue weighted by molar-refractivity contribution is 0.135. The minimum Gasteiger partial charge on any atom is -0.382 e. The lowest BCUT2D eigenvalue weighted by Gasteiger charge is -2.48. The van der Waals surface area contributed by atoms with Crippen LogP contribution in [-0.4, -0.2) is 23.1 Å². The molecule has 3 heteroatoms. The lowest BCUT2D eigenvalue weighted by atomic mass is 9.70. The van der Waals surface area contributed by atoms with Gasteiger partial charge in [0.2, 0.25) is 0 Å². The molecule has 4 rings (SSSR count). The van der Waals surface area contributed by atoms with Crippen LogP contribution in [0.25, 0.3) is 10.9 Å². The molecule has 1 aromatic carbocycles. The summed E-state index contributed by atoms with van der Waals surface area (Å²) in [7, 11) is 0. The second-order valence-corrected chi connectivity index (χ2v) is 6.27. The number of hydrogen-bond acceptors (Lipinski definition) is 3. The van der Waals surface area contributed by atoms with E-state index in [2.05, 4.69) is 39.9 Å². The van der Waals surface area contributed by atoms with Crippen molar-refractivity contribution in [3.05, 3.63) is 36.5 Å². The van der Waals surface area contributed by atoms with Crippen LogP contribution in [0.4, 0.5) is 5.69 Å². The number of para-hydroxylation sites is 1. The first-order chi connectivity index (χ1) is 9.85. The highest BCUT2D eigenvalue weighted by Crippen LogP contribution is 2.39. The van der Waals surface area contributed by atoms with Gasteiger partial charge in [0.1, 0.15) is 0 Å². The summed E-state index contributed by atoms with van der Waals surface area (Å²) in [5.74, 6) is 0. The third-order valence-electron chi connectivity index (χ3n) is 4.95. The maximum Gasteiger partial charge on any atom is 0.0722 e. The van der Waals surface area contributed by atoms with E-state index in [1.165, 1.54) is 43.2 Å². The number of anilines is 1. The summed E-state index contributed by atoms with van der Waals surface area (Å²) in [6.07, 6.45) is 8.45. The Bertz CT molecular complexity index is 613. The van der Waals surface area contributed by atoms with E-state index in [1.807, 2.05) is 12.3 Å². The Morgan fingerprint density at radius 2 is 2.10 bits per heavy atom. The van der Waals surface area contributed by atoms with E-state index in [1.54, 1.807) is 0 Å². The van der Waals surface area contributed by atoms with Crippen LogP contribution in [0, 0.1) is 0 Å². The molecule has 0 bridgehead atoms. The number of nitrogens with zero attached hydrogens (tertiary/aromatic N) is 1. The van der Waals surface area contributed by atoms with Gasteiger partial charge in [-0.25, -0.2) is 0 Å². The Morgan fingerprint density at radius 3 is 2.95 bits per heavy atom. The first kappa shape index (κ1) is 12.2. The van der Waals surface area contributed by atoms with Gasteiger partial charge in [0.05, 0.1) is 5.52 Å². The fourth-order valence-electron chi connectivity index (χ4n) is 3.71. The Hall–Kier alpha value is -1.61. The molecule has 3 nitrogen and oxygen atoms in total. The summed E-state index contributed by atoms with van der Waals surface area (Å²) < 4.78 is 0. The molecule has 20 heavy (non-hydrogen) atoms. The van der Waals surface area contributed by atoms with E-state index in [0.717, 1.165) is 12.1 Å². The fraction of sp³-hybridized carbons (Fsp3) is 0.471. The first-order valence-electron chi connectivity index (χ1n) is 7.70. The van der Waals surface area contributed by atoms with Crippen LogP contribution >= 0.6 is 0 Å². The zero-order valence-corrected chi connectivity index (χ0v) is 11.7. The van der Waals surface area contributed by atoms with Gasteiger partial charge in [-0.3, -0.25) is 4.98 Å². The average molecular weight is 267 g/mol. The van der Waals surface area contributed by atoms with Crippen LogP contribution in [-0.2, 0) is 0 Å². The van der Waals surface area contributed by atoms with Gasteiger partial charge in [-0.15, -0.1) is 0 Å². The number of rotatable bonds is 2. The highest BCUT2D eigenvalue weighted by atomic mass is 15.1. The molecule has 1 spiro atoms. The monoisotopic (exact) mass is 267 g/mol. The predicted molar refractivity (Wildman–Crippen MR) is 83.0 cm³/mol. The normalized spacial score (nSPS) is 24.5. The van der Waals surface area contributed by atoms with Crippen molar-refractivity contribution in [3.8, 4) is 0 Å². The quantitative estimate of drug-likeness (QED) is 0.876. The summed E-state index contributed by atoms with van der Waals surface area (Å²) in [6.45, 7) is 1.14. The van der Waals surface area contributed by atoms with E-state index < -0.39 is 0 Å². The van der Waals surface area contributed by atoms with Gasteiger partial charge < -0.3 is 10.6 Å². The number of piperidine rings is 1.